The van der Waals surface area contributed by atoms with Gasteiger partial charge >= 0.3 is 5.97 Å². The summed E-state index contributed by atoms with van der Waals surface area (Å²) < 4.78 is 11.0. The third-order valence-corrected chi connectivity index (χ3v) is 3.74. The Bertz CT molecular complexity index is 362. The number of fused-ring (bicyclic) bond motifs is 1. The lowest BCUT2D eigenvalue weighted by atomic mass is 9.92. The van der Waals surface area contributed by atoms with E-state index in [9.17, 15) is 14.7 Å². The zero-order chi connectivity index (χ0) is 11.4. The quantitative estimate of drug-likeness (QED) is 0.658. The highest BCUT2D eigenvalue weighted by atomic mass is 16.7. The van der Waals surface area contributed by atoms with E-state index in [1.165, 1.54) is 4.90 Å². The number of carboxylic acids is 1. The van der Waals surface area contributed by atoms with Crippen molar-refractivity contribution in [2.75, 3.05) is 19.8 Å². The van der Waals surface area contributed by atoms with Gasteiger partial charge in [0.2, 0.25) is 5.91 Å². The molecule has 3 saturated heterocycles. The van der Waals surface area contributed by atoms with Gasteiger partial charge in [-0.1, -0.05) is 0 Å². The summed E-state index contributed by atoms with van der Waals surface area (Å²) >= 11 is 0. The number of rotatable bonds is 1. The molecule has 1 amide bonds. The van der Waals surface area contributed by atoms with Gasteiger partial charge in [-0.15, -0.1) is 0 Å². The Morgan fingerprint density at radius 3 is 2.62 bits per heavy atom. The number of hydrogen-bond acceptors (Lipinski definition) is 4. The summed E-state index contributed by atoms with van der Waals surface area (Å²) in [7, 11) is 0. The molecule has 0 radical (unpaired) electrons. The number of carbonyl (C=O) groups excluding carboxylic acids is 1. The van der Waals surface area contributed by atoms with Crippen LogP contribution in [0.25, 0.3) is 0 Å². The summed E-state index contributed by atoms with van der Waals surface area (Å²) in [6, 6.07) is 0. The van der Waals surface area contributed by atoms with Gasteiger partial charge in [-0.3, -0.25) is 4.79 Å². The van der Waals surface area contributed by atoms with Gasteiger partial charge in [0, 0.05) is 12.8 Å². The highest BCUT2D eigenvalue weighted by molar-refractivity contribution is 5.92. The first-order valence-electron chi connectivity index (χ1n) is 5.40. The van der Waals surface area contributed by atoms with Crippen molar-refractivity contribution in [3.05, 3.63) is 0 Å². The molecule has 3 rings (SSSR count). The number of amides is 1. The molecule has 1 atom stereocenters. The van der Waals surface area contributed by atoms with E-state index in [0.29, 0.717) is 26.1 Å². The molecule has 1 N–H and O–H groups in total. The minimum absolute atomic E-state index is 0.113. The molecule has 0 bridgehead atoms. The molecule has 3 heterocycles. The van der Waals surface area contributed by atoms with E-state index >= 15 is 0 Å². The Morgan fingerprint density at radius 2 is 2.06 bits per heavy atom. The summed E-state index contributed by atoms with van der Waals surface area (Å²) in [6.45, 7) is 1.19. The molecule has 0 saturated carbocycles. The SMILES string of the molecule is O=C1CC[C@@]2(C(=O)O)CC3(CN12)OCCO3. The van der Waals surface area contributed by atoms with E-state index in [1.807, 2.05) is 0 Å². The summed E-state index contributed by atoms with van der Waals surface area (Å²) in [5.41, 5.74) is -1.10. The summed E-state index contributed by atoms with van der Waals surface area (Å²) in [5.74, 6) is -1.93. The van der Waals surface area contributed by atoms with Crippen LogP contribution in [0.15, 0.2) is 0 Å². The van der Waals surface area contributed by atoms with Crippen molar-refractivity contribution in [3.8, 4) is 0 Å². The third-order valence-electron chi connectivity index (χ3n) is 3.74. The largest absolute Gasteiger partial charge is 0.479 e. The summed E-state index contributed by atoms with van der Waals surface area (Å²) in [4.78, 5) is 24.5. The Balaban J connectivity index is 1.96. The second kappa shape index (κ2) is 2.95. The minimum atomic E-state index is -1.10. The lowest BCUT2D eigenvalue weighted by molar-refractivity contribution is -0.156. The predicted octanol–water partition coefficient (Wildman–Crippen LogP) is -0.421. The molecule has 16 heavy (non-hydrogen) atoms. The maximum atomic E-state index is 11.7. The molecule has 1 spiro atoms. The van der Waals surface area contributed by atoms with Gasteiger partial charge < -0.3 is 19.5 Å². The third kappa shape index (κ3) is 1.08. The van der Waals surface area contributed by atoms with E-state index in [2.05, 4.69) is 0 Å². The van der Waals surface area contributed by atoms with E-state index in [-0.39, 0.29) is 18.9 Å². The molecule has 0 aromatic carbocycles. The van der Waals surface area contributed by atoms with Crippen LogP contribution in [-0.4, -0.2) is 53.0 Å². The fraction of sp³-hybridized carbons (Fsp3) is 0.800. The topological polar surface area (TPSA) is 76.1 Å². The molecule has 0 unspecified atom stereocenters. The molecule has 0 aromatic heterocycles. The van der Waals surface area contributed by atoms with E-state index in [4.69, 9.17) is 9.47 Å². The van der Waals surface area contributed by atoms with Crippen molar-refractivity contribution in [3.63, 3.8) is 0 Å². The van der Waals surface area contributed by atoms with Crippen LogP contribution in [0.5, 0.6) is 0 Å². The normalized spacial score (nSPS) is 36.0. The van der Waals surface area contributed by atoms with Crippen molar-refractivity contribution >= 4 is 11.9 Å². The first-order valence-corrected chi connectivity index (χ1v) is 5.40. The standard InChI is InChI=1S/C10H13NO5/c12-7-1-2-9(8(13)14)5-10(6-11(7)9)15-3-4-16-10/h1-6H2,(H,13,14)/t9-/m0/s1. The minimum Gasteiger partial charge on any atom is -0.479 e. The van der Waals surface area contributed by atoms with Crippen LogP contribution in [0.3, 0.4) is 0 Å². The van der Waals surface area contributed by atoms with Crippen LogP contribution in [0.4, 0.5) is 0 Å². The van der Waals surface area contributed by atoms with Crippen LogP contribution < -0.4 is 0 Å². The molecular formula is C10H13NO5. The zero-order valence-corrected chi connectivity index (χ0v) is 8.77. The fourth-order valence-electron chi connectivity index (χ4n) is 2.98. The van der Waals surface area contributed by atoms with Crippen LogP contribution in [0, 0.1) is 0 Å². The molecule has 3 aliphatic heterocycles. The lowest BCUT2D eigenvalue weighted by Gasteiger charge is -2.25. The first-order chi connectivity index (χ1) is 7.58. The molecular weight excluding hydrogens is 214 g/mol. The van der Waals surface area contributed by atoms with Crippen LogP contribution in [-0.2, 0) is 19.1 Å². The lowest BCUT2D eigenvalue weighted by Crippen LogP contribution is -2.47. The molecule has 0 aromatic rings. The predicted molar refractivity (Wildman–Crippen MR) is 50.6 cm³/mol. The van der Waals surface area contributed by atoms with Crippen molar-refractivity contribution in [1.29, 1.82) is 0 Å². The van der Waals surface area contributed by atoms with E-state index < -0.39 is 17.3 Å². The summed E-state index contributed by atoms with van der Waals surface area (Å²) in [5, 5.41) is 9.33. The zero-order valence-electron chi connectivity index (χ0n) is 8.77. The number of ether oxygens (including phenoxy) is 2. The Morgan fingerprint density at radius 1 is 1.38 bits per heavy atom. The number of carbonyl (C=O) groups is 2. The monoisotopic (exact) mass is 227 g/mol. The Kier molecular flexibility index (Phi) is 1.85. The molecule has 88 valence electrons. The van der Waals surface area contributed by atoms with Crippen molar-refractivity contribution in [1.82, 2.24) is 4.90 Å². The van der Waals surface area contributed by atoms with E-state index in [0.717, 1.165) is 0 Å². The van der Waals surface area contributed by atoms with Crippen LogP contribution in [0.1, 0.15) is 19.3 Å². The molecule has 6 nitrogen and oxygen atoms in total. The second-order valence-electron chi connectivity index (χ2n) is 4.60. The number of carboxylic acid groups (broad SMARTS) is 1. The van der Waals surface area contributed by atoms with Crippen molar-refractivity contribution < 1.29 is 24.2 Å². The number of aliphatic carboxylic acids is 1. The van der Waals surface area contributed by atoms with Crippen LogP contribution >= 0.6 is 0 Å². The Labute approximate surface area is 92.1 Å². The van der Waals surface area contributed by atoms with Gasteiger partial charge in [-0.05, 0) is 6.42 Å². The van der Waals surface area contributed by atoms with Gasteiger partial charge in [-0.25, -0.2) is 4.79 Å². The van der Waals surface area contributed by atoms with Crippen LogP contribution in [0.2, 0.25) is 0 Å². The fourth-order valence-corrected chi connectivity index (χ4v) is 2.98. The van der Waals surface area contributed by atoms with E-state index in [1.54, 1.807) is 0 Å². The van der Waals surface area contributed by atoms with Gasteiger partial charge in [0.15, 0.2) is 5.79 Å². The van der Waals surface area contributed by atoms with Gasteiger partial charge in [0.05, 0.1) is 19.8 Å². The maximum absolute atomic E-state index is 11.7. The van der Waals surface area contributed by atoms with Crippen molar-refractivity contribution in [2.24, 2.45) is 0 Å². The first kappa shape index (κ1) is 10.0. The summed E-state index contributed by atoms with van der Waals surface area (Å²) in [6.07, 6.45) is 0.916. The van der Waals surface area contributed by atoms with Gasteiger partial charge in [0.25, 0.3) is 0 Å². The van der Waals surface area contributed by atoms with Gasteiger partial charge in [-0.2, -0.15) is 0 Å². The smallest absolute Gasteiger partial charge is 0.329 e. The average molecular weight is 227 g/mol. The average Bonchev–Trinajstić information content (AvgIpc) is 2.88. The van der Waals surface area contributed by atoms with Crippen molar-refractivity contribution in [2.45, 2.75) is 30.6 Å². The molecule has 6 heteroatoms. The molecule has 3 fully saturated rings. The Hall–Kier alpha value is -1.14. The highest BCUT2D eigenvalue weighted by Gasteiger charge is 2.64. The van der Waals surface area contributed by atoms with Gasteiger partial charge in [0.1, 0.15) is 5.54 Å². The number of hydrogen-bond donors (Lipinski definition) is 1. The highest BCUT2D eigenvalue weighted by Crippen LogP contribution is 2.47. The maximum Gasteiger partial charge on any atom is 0.329 e. The second-order valence-corrected chi connectivity index (χ2v) is 4.60. The number of nitrogens with zero attached hydrogens (tertiary/aromatic N) is 1. The molecule has 0 aliphatic carbocycles. The molecule has 3 aliphatic rings.